The van der Waals surface area contributed by atoms with E-state index in [0.717, 1.165) is 6.42 Å². The van der Waals surface area contributed by atoms with Crippen molar-refractivity contribution in [2.24, 2.45) is 5.92 Å². The Kier molecular flexibility index (Phi) is 6.20. The van der Waals surface area contributed by atoms with E-state index in [1.165, 1.54) is 31.1 Å². The van der Waals surface area contributed by atoms with Crippen LogP contribution in [0.3, 0.4) is 0 Å². The van der Waals surface area contributed by atoms with E-state index in [1.54, 1.807) is 0 Å². The fourth-order valence-corrected chi connectivity index (χ4v) is 3.44. The molecule has 4 atom stereocenters. The van der Waals surface area contributed by atoms with Gasteiger partial charge in [-0.3, -0.25) is 9.59 Å². The number of nitrogens with one attached hydrogen (secondary N) is 1. The highest BCUT2D eigenvalue weighted by atomic mass is 16.5. The number of hydrogen-bond donors (Lipinski definition) is 2. The van der Waals surface area contributed by atoms with Gasteiger partial charge in [0, 0.05) is 26.4 Å². The standard InChI is InChI=1S/C16H28N2O4/c1-11-5-3-4-6-15(11)22-8-7-17-16(21)14-9-13(20)10-18(14)12(2)19/h11,13-15,20H,3-10H2,1-2H3,(H,17,21)/t11?,13-,14+,15?/m0/s1. The fraction of sp³-hybridized carbons (Fsp3) is 0.875. The first kappa shape index (κ1) is 17.2. The molecule has 6 nitrogen and oxygen atoms in total. The molecule has 6 heteroatoms. The molecule has 1 aliphatic heterocycles. The monoisotopic (exact) mass is 312 g/mol. The summed E-state index contributed by atoms with van der Waals surface area (Å²) >= 11 is 0. The van der Waals surface area contributed by atoms with Gasteiger partial charge in [0.15, 0.2) is 0 Å². The lowest BCUT2D eigenvalue weighted by molar-refractivity contribution is -0.137. The molecule has 0 spiro atoms. The van der Waals surface area contributed by atoms with Gasteiger partial charge < -0.3 is 20.1 Å². The molecule has 22 heavy (non-hydrogen) atoms. The molecule has 2 aliphatic rings. The number of nitrogens with zero attached hydrogens (tertiary/aromatic N) is 1. The third-order valence-corrected chi connectivity index (χ3v) is 4.75. The van der Waals surface area contributed by atoms with Crippen molar-refractivity contribution in [3.63, 3.8) is 0 Å². The van der Waals surface area contributed by atoms with Gasteiger partial charge >= 0.3 is 0 Å². The largest absolute Gasteiger partial charge is 0.391 e. The van der Waals surface area contributed by atoms with Crippen LogP contribution in [0.25, 0.3) is 0 Å². The molecule has 1 heterocycles. The molecule has 0 radical (unpaired) electrons. The third-order valence-electron chi connectivity index (χ3n) is 4.75. The molecule has 0 bridgehead atoms. The predicted molar refractivity (Wildman–Crippen MR) is 82.2 cm³/mol. The van der Waals surface area contributed by atoms with Gasteiger partial charge in [-0.25, -0.2) is 0 Å². The molecule has 0 aromatic carbocycles. The zero-order chi connectivity index (χ0) is 16.1. The second kappa shape index (κ2) is 7.92. The average Bonchev–Trinajstić information content (AvgIpc) is 2.87. The maximum absolute atomic E-state index is 12.1. The van der Waals surface area contributed by atoms with Gasteiger partial charge in [0.05, 0.1) is 18.8 Å². The van der Waals surface area contributed by atoms with Crippen molar-refractivity contribution in [3.05, 3.63) is 0 Å². The van der Waals surface area contributed by atoms with Crippen molar-refractivity contribution in [2.75, 3.05) is 19.7 Å². The lowest BCUT2D eigenvalue weighted by Gasteiger charge is -2.29. The number of likely N-dealkylation sites (tertiary alicyclic amines) is 1. The first-order valence-electron chi connectivity index (χ1n) is 8.33. The molecule has 2 unspecified atom stereocenters. The first-order chi connectivity index (χ1) is 10.5. The smallest absolute Gasteiger partial charge is 0.242 e. The van der Waals surface area contributed by atoms with Crippen LogP contribution in [0.15, 0.2) is 0 Å². The van der Waals surface area contributed by atoms with E-state index in [2.05, 4.69) is 12.2 Å². The van der Waals surface area contributed by atoms with E-state index in [9.17, 15) is 14.7 Å². The van der Waals surface area contributed by atoms with E-state index < -0.39 is 12.1 Å². The molecular formula is C16H28N2O4. The number of carbonyl (C=O) groups excluding carboxylic acids is 2. The molecule has 1 saturated carbocycles. The van der Waals surface area contributed by atoms with Crippen LogP contribution >= 0.6 is 0 Å². The Morgan fingerprint density at radius 2 is 2.05 bits per heavy atom. The van der Waals surface area contributed by atoms with Gasteiger partial charge in [0.2, 0.25) is 11.8 Å². The zero-order valence-corrected chi connectivity index (χ0v) is 13.6. The van der Waals surface area contributed by atoms with Crippen molar-refractivity contribution < 1.29 is 19.4 Å². The summed E-state index contributed by atoms with van der Waals surface area (Å²) in [5.41, 5.74) is 0. The molecule has 2 fully saturated rings. The quantitative estimate of drug-likeness (QED) is 0.732. The van der Waals surface area contributed by atoms with Crippen LogP contribution in [-0.2, 0) is 14.3 Å². The molecule has 1 saturated heterocycles. The molecule has 2 rings (SSSR count). The normalized spacial score (nSPS) is 32.0. The highest BCUT2D eigenvalue weighted by Gasteiger charge is 2.37. The molecule has 2 amide bonds. The Hall–Kier alpha value is -1.14. The maximum atomic E-state index is 12.1. The van der Waals surface area contributed by atoms with Crippen molar-refractivity contribution in [2.45, 2.75) is 64.2 Å². The van der Waals surface area contributed by atoms with E-state index >= 15 is 0 Å². The summed E-state index contributed by atoms with van der Waals surface area (Å²) in [6.45, 7) is 4.82. The van der Waals surface area contributed by atoms with Gasteiger partial charge in [-0.05, 0) is 18.8 Å². The minimum Gasteiger partial charge on any atom is -0.391 e. The number of aliphatic hydroxyl groups excluding tert-OH is 1. The Bertz CT molecular complexity index is 402. The first-order valence-corrected chi connectivity index (χ1v) is 8.33. The summed E-state index contributed by atoms with van der Waals surface area (Å²) in [5, 5.41) is 12.5. The Balaban J connectivity index is 1.70. The number of rotatable bonds is 5. The van der Waals surface area contributed by atoms with Crippen LogP contribution in [0.2, 0.25) is 0 Å². The highest BCUT2D eigenvalue weighted by Crippen LogP contribution is 2.26. The predicted octanol–water partition coefficient (Wildman–Crippen LogP) is 0.680. The van der Waals surface area contributed by atoms with Gasteiger partial charge in [-0.15, -0.1) is 0 Å². The summed E-state index contributed by atoms with van der Waals surface area (Å²) in [6, 6.07) is -0.555. The van der Waals surface area contributed by atoms with Crippen molar-refractivity contribution in [1.29, 1.82) is 0 Å². The second-order valence-corrected chi connectivity index (χ2v) is 6.54. The number of carbonyl (C=O) groups is 2. The lowest BCUT2D eigenvalue weighted by atomic mass is 9.88. The molecule has 126 valence electrons. The van der Waals surface area contributed by atoms with Crippen LogP contribution < -0.4 is 5.32 Å². The van der Waals surface area contributed by atoms with Crippen molar-refractivity contribution >= 4 is 11.8 Å². The molecule has 0 aromatic rings. The fourth-order valence-electron chi connectivity index (χ4n) is 3.44. The summed E-state index contributed by atoms with van der Waals surface area (Å²) in [5.74, 6) is 0.207. The number of β-amino-alcohol motifs (C(OH)–C–C–N with tert-alkyl or cyclic N) is 1. The number of aliphatic hydroxyl groups is 1. The van der Waals surface area contributed by atoms with Crippen LogP contribution in [0.4, 0.5) is 0 Å². The molecule has 1 aliphatic carbocycles. The third kappa shape index (κ3) is 4.43. The van der Waals surface area contributed by atoms with Crippen molar-refractivity contribution in [3.8, 4) is 0 Å². The van der Waals surface area contributed by atoms with Gasteiger partial charge in [-0.2, -0.15) is 0 Å². The van der Waals surface area contributed by atoms with Crippen LogP contribution in [0.5, 0.6) is 0 Å². The summed E-state index contributed by atoms with van der Waals surface area (Å²) in [7, 11) is 0. The topological polar surface area (TPSA) is 78.9 Å². The van der Waals surface area contributed by atoms with Crippen molar-refractivity contribution in [1.82, 2.24) is 10.2 Å². The Labute approximate surface area is 132 Å². The second-order valence-electron chi connectivity index (χ2n) is 6.54. The zero-order valence-electron chi connectivity index (χ0n) is 13.6. The lowest BCUT2D eigenvalue weighted by Crippen LogP contribution is -2.46. The Morgan fingerprint density at radius 1 is 1.32 bits per heavy atom. The minimum atomic E-state index is -0.612. The van der Waals surface area contributed by atoms with E-state index in [4.69, 9.17) is 4.74 Å². The number of amides is 2. The van der Waals surface area contributed by atoms with Crippen LogP contribution in [0, 0.1) is 5.92 Å². The molecule has 0 aromatic heterocycles. The molecule has 2 N–H and O–H groups in total. The number of hydrogen-bond acceptors (Lipinski definition) is 4. The summed E-state index contributed by atoms with van der Waals surface area (Å²) in [6.07, 6.45) is 4.81. The molecular weight excluding hydrogens is 284 g/mol. The van der Waals surface area contributed by atoms with E-state index in [0.29, 0.717) is 31.6 Å². The minimum absolute atomic E-state index is 0.177. The summed E-state index contributed by atoms with van der Waals surface area (Å²) < 4.78 is 5.86. The Morgan fingerprint density at radius 3 is 2.73 bits per heavy atom. The summed E-state index contributed by atoms with van der Waals surface area (Å²) in [4.78, 5) is 25.1. The average molecular weight is 312 g/mol. The van der Waals surface area contributed by atoms with Crippen LogP contribution in [0.1, 0.15) is 46.0 Å². The SMILES string of the molecule is CC(=O)N1C[C@@H](O)C[C@@H]1C(=O)NCCOC1CCCCC1C. The van der Waals surface area contributed by atoms with Gasteiger partial charge in [-0.1, -0.05) is 19.8 Å². The maximum Gasteiger partial charge on any atom is 0.242 e. The van der Waals surface area contributed by atoms with Crippen LogP contribution in [-0.4, -0.2) is 59.8 Å². The highest BCUT2D eigenvalue weighted by molar-refractivity contribution is 5.87. The van der Waals surface area contributed by atoms with Gasteiger partial charge in [0.25, 0.3) is 0 Å². The van der Waals surface area contributed by atoms with Gasteiger partial charge in [0.1, 0.15) is 6.04 Å². The van der Waals surface area contributed by atoms with E-state index in [-0.39, 0.29) is 18.4 Å². The van der Waals surface area contributed by atoms with E-state index in [1.807, 2.05) is 0 Å². The number of ether oxygens (including phenoxy) is 1.